The van der Waals surface area contributed by atoms with Gasteiger partial charge >= 0.3 is 5.97 Å². The molecule has 0 saturated carbocycles. The molecule has 0 bridgehead atoms. The lowest BCUT2D eigenvalue weighted by atomic mass is 9.85. The maximum absolute atomic E-state index is 13.0. The summed E-state index contributed by atoms with van der Waals surface area (Å²) in [5.41, 5.74) is 0.120. The third-order valence-corrected chi connectivity index (χ3v) is 4.11. The van der Waals surface area contributed by atoms with Gasteiger partial charge in [0.25, 0.3) is 0 Å². The summed E-state index contributed by atoms with van der Waals surface area (Å²) in [6.07, 6.45) is -1.47. The number of aliphatic hydroxyl groups is 1. The van der Waals surface area contributed by atoms with E-state index in [2.05, 4.69) is 0 Å². The first-order valence-corrected chi connectivity index (χ1v) is 7.72. The molecular weight excluding hydrogens is 301 g/mol. The highest BCUT2D eigenvalue weighted by molar-refractivity contribution is 5.74. The molecule has 1 unspecified atom stereocenters. The van der Waals surface area contributed by atoms with E-state index in [1.165, 1.54) is 24.3 Å². The van der Waals surface area contributed by atoms with Crippen LogP contribution in [0.2, 0.25) is 0 Å². The molecule has 1 saturated heterocycles. The van der Waals surface area contributed by atoms with E-state index in [9.17, 15) is 19.4 Å². The monoisotopic (exact) mass is 325 g/mol. The standard InChI is InChI=1S/C17H24FNO4/c1-17(2,3)15(16(21)22)19-8-9-23-13(10-19)14(20)11-4-6-12(18)7-5-11/h4-7,13-15,20H,8-10H2,1-3H3,(H,21,22)/t13-,14+,15?/m0/s1. The summed E-state index contributed by atoms with van der Waals surface area (Å²) in [6, 6.07) is 4.94. The van der Waals surface area contributed by atoms with Crippen molar-refractivity contribution >= 4 is 5.97 Å². The smallest absolute Gasteiger partial charge is 0.321 e. The van der Waals surface area contributed by atoms with Crippen LogP contribution in [0.3, 0.4) is 0 Å². The van der Waals surface area contributed by atoms with Gasteiger partial charge in [0.15, 0.2) is 0 Å². The van der Waals surface area contributed by atoms with Crippen molar-refractivity contribution in [3.05, 3.63) is 35.6 Å². The highest BCUT2D eigenvalue weighted by Gasteiger charge is 2.40. The van der Waals surface area contributed by atoms with Crippen LogP contribution < -0.4 is 0 Å². The third-order valence-electron chi connectivity index (χ3n) is 4.11. The third kappa shape index (κ3) is 4.28. The predicted molar refractivity (Wildman–Crippen MR) is 83.6 cm³/mol. The van der Waals surface area contributed by atoms with Gasteiger partial charge in [-0.2, -0.15) is 0 Å². The lowest BCUT2D eigenvalue weighted by Crippen LogP contribution is -2.56. The van der Waals surface area contributed by atoms with E-state index in [0.717, 1.165) is 0 Å². The minimum absolute atomic E-state index is 0.312. The summed E-state index contributed by atoms with van der Waals surface area (Å²) in [4.78, 5) is 13.5. The second kappa shape index (κ2) is 6.95. The zero-order chi connectivity index (χ0) is 17.2. The zero-order valence-corrected chi connectivity index (χ0v) is 13.7. The molecule has 128 valence electrons. The highest BCUT2D eigenvalue weighted by Crippen LogP contribution is 2.29. The van der Waals surface area contributed by atoms with Crippen LogP contribution in [0.4, 0.5) is 4.39 Å². The van der Waals surface area contributed by atoms with Crippen LogP contribution in [-0.2, 0) is 9.53 Å². The van der Waals surface area contributed by atoms with Gasteiger partial charge in [0.1, 0.15) is 24.1 Å². The van der Waals surface area contributed by atoms with Gasteiger partial charge in [-0.3, -0.25) is 9.69 Å². The van der Waals surface area contributed by atoms with Gasteiger partial charge in [0.2, 0.25) is 0 Å². The van der Waals surface area contributed by atoms with E-state index in [0.29, 0.717) is 25.3 Å². The largest absolute Gasteiger partial charge is 0.480 e. The van der Waals surface area contributed by atoms with Crippen molar-refractivity contribution < 1.29 is 24.1 Å². The zero-order valence-electron chi connectivity index (χ0n) is 13.7. The van der Waals surface area contributed by atoms with Crippen molar-refractivity contribution in [2.24, 2.45) is 5.41 Å². The number of aliphatic carboxylic acids is 1. The van der Waals surface area contributed by atoms with E-state index in [-0.39, 0.29) is 5.82 Å². The summed E-state index contributed by atoms with van der Waals surface area (Å²) in [5, 5.41) is 20.0. The number of rotatable bonds is 4. The summed E-state index contributed by atoms with van der Waals surface area (Å²) in [6.45, 7) is 6.81. The number of nitrogens with zero attached hydrogens (tertiary/aromatic N) is 1. The topological polar surface area (TPSA) is 70.0 Å². The molecule has 1 aromatic rings. The number of carboxylic acid groups (broad SMARTS) is 1. The molecule has 1 aliphatic rings. The fraction of sp³-hybridized carbons (Fsp3) is 0.588. The first kappa shape index (κ1) is 17.8. The fourth-order valence-electron chi connectivity index (χ4n) is 3.07. The normalized spacial score (nSPS) is 22.6. The van der Waals surface area contributed by atoms with E-state index in [1.54, 1.807) is 0 Å². The quantitative estimate of drug-likeness (QED) is 0.887. The van der Waals surface area contributed by atoms with Gasteiger partial charge in [-0.05, 0) is 23.1 Å². The Morgan fingerprint density at radius 2 is 1.96 bits per heavy atom. The van der Waals surface area contributed by atoms with Gasteiger partial charge in [-0.1, -0.05) is 32.9 Å². The Kier molecular flexibility index (Phi) is 5.39. The molecule has 2 N–H and O–H groups in total. The van der Waals surface area contributed by atoms with Crippen LogP contribution >= 0.6 is 0 Å². The summed E-state index contributed by atoms with van der Waals surface area (Å²) in [7, 11) is 0. The molecule has 2 rings (SSSR count). The summed E-state index contributed by atoms with van der Waals surface area (Å²) >= 11 is 0. The molecular formula is C17H24FNO4. The Morgan fingerprint density at radius 1 is 1.35 bits per heavy atom. The molecule has 0 spiro atoms. The highest BCUT2D eigenvalue weighted by atomic mass is 19.1. The minimum atomic E-state index is -0.923. The molecule has 5 nitrogen and oxygen atoms in total. The van der Waals surface area contributed by atoms with Crippen molar-refractivity contribution in [2.75, 3.05) is 19.7 Å². The number of aliphatic hydroxyl groups excluding tert-OH is 1. The predicted octanol–water partition coefficient (Wildman–Crippen LogP) is 2.06. The number of hydrogen-bond acceptors (Lipinski definition) is 4. The molecule has 3 atom stereocenters. The second-order valence-electron chi connectivity index (χ2n) is 7.01. The van der Waals surface area contributed by atoms with E-state index in [4.69, 9.17) is 4.74 Å². The molecule has 0 amide bonds. The van der Waals surface area contributed by atoms with Crippen LogP contribution in [0.1, 0.15) is 32.4 Å². The Balaban J connectivity index is 2.13. The maximum Gasteiger partial charge on any atom is 0.321 e. The number of ether oxygens (including phenoxy) is 1. The lowest BCUT2D eigenvalue weighted by Gasteiger charge is -2.42. The number of carbonyl (C=O) groups is 1. The second-order valence-corrected chi connectivity index (χ2v) is 7.01. The van der Waals surface area contributed by atoms with Gasteiger partial charge in [0, 0.05) is 13.1 Å². The Bertz CT molecular complexity index is 541. The van der Waals surface area contributed by atoms with Crippen LogP contribution in [-0.4, -0.2) is 52.9 Å². The van der Waals surface area contributed by atoms with Crippen molar-refractivity contribution in [3.8, 4) is 0 Å². The van der Waals surface area contributed by atoms with Crippen LogP contribution in [0, 0.1) is 11.2 Å². The Morgan fingerprint density at radius 3 is 2.48 bits per heavy atom. The van der Waals surface area contributed by atoms with Gasteiger partial charge < -0.3 is 14.9 Å². The van der Waals surface area contributed by atoms with Crippen molar-refractivity contribution in [1.82, 2.24) is 4.90 Å². The van der Waals surface area contributed by atoms with E-state index in [1.807, 2.05) is 25.7 Å². The maximum atomic E-state index is 13.0. The van der Waals surface area contributed by atoms with Crippen molar-refractivity contribution in [2.45, 2.75) is 39.0 Å². The average Bonchev–Trinajstić information content (AvgIpc) is 2.46. The summed E-state index contributed by atoms with van der Waals surface area (Å²) < 4.78 is 18.6. The van der Waals surface area contributed by atoms with Crippen LogP contribution in [0.15, 0.2) is 24.3 Å². The van der Waals surface area contributed by atoms with Gasteiger partial charge in [-0.15, -0.1) is 0 Å². The first-order chi connectivity index (χ1) is 10.7. The molecule has 0 aliphatic carbocycles. The molecule has 1 aromatic carbocycles. The Labute approximate surface area is 135 Å². The minimum Gasteiger partial charge on any atom is -0.480 e. The van der Waals surface area contributed by atoms with E-state index < -0.39 is 29.6 Å². The number of hydrogen-bond donors (Lipinski definition) is 2. The Hall–Kier alpha value is -1.50. The number of morpholine rings is 1. The van der Waals surface area contributed by atoms with Crippen molar-refractivity contribution in [3.63, 3.8) is 0 Å². The average molecular weight is 325 g/mol. The molecule has 0 aromatic heterocycles. The summed E-state index contributed by atoms with van der Waals surface area (Å²) in [5.74, 6) is -1.25. The SMILES string of the molecule is CC(C)(C)C(C(=O)O)N1CCO[C@H]([C@H](O)c2ccc(F)cc2)C1. The molecule has 1 heterocycles. The molecule has 6 heteroatoms. The van der Waals surface area contributed by atoms with Gasteiger partial charge in [-0.25, -0.2) is 4.39 Å². The van der Waals surface area contributed by atoms with Gasteiger partial charge in [0.05, 0.1) is 6.61 Å². The van der Waals surface area contributed by atoms with Crippen LogP contribution in [0.5, 0.6) is 0 Å². The fourth-order valence-corrected chi connectivity index (χ4v) is 3.07. The van der Waals surface area contributed by atoms with Crippen molar-refractivity contribution in [1.29, 1.82) is 0 Å². The number of carboxylic acids is 1. The molecule has 23 heavy (non-hydrogen) atoms. The van der Waals surface area contributed by atoms with Crippen LogP contribution in [0.25, 0.3) is 0 Å². The first-order valence-electron chi connectivity index (χ1n) is 7.72. The molecule has 1 aliphatic heterocycles. The number of halogens is 1. The lowest BCUT2D eigenvalue weighted by molar-refractivity contribution is -0.156. The van der Waals surface area contributed by atoms with E-state index >= 15 is 0 Å². The molecule has 1 fully saturated rings. The number of benzene rings is 1. The molecule has 0 radical (unpaired) electrons.